The van der Waals surface area contributed by atoms with Crippen LogP contribution in [0.4, 0.5) is 0 Å². The number of ether oxygens (including phenoxy) is 1. The van der Waals surface area contributed by atoms with Gasteiger partial charge in [0.1, 0.15) is 0 Å². The molecule has 2 heterocycles. The molecule has 16 heavy (non-hydrogen) atoms. The van der Waals surface area contributed by atoms with E-state index in [1.54, 1.807) is 17.5 Å². The number of hydrogen-bond acceptors (Lipinski definition) is 4. The van der Waals surface area contributed by atoms with Crippen molar-refractivity contribution in [2.24, 2.45) is 0 Å². The van der Waals surface area contributed by atoms with Crippen LogP contribution < -0.4 is 0 Å². The van der Waals surface area contributed by atoms with Gasteiger partial charge in [0.25, 0.3) is 0 Å². The lowest BCUT2D eigenvalue weighted by Crippen LogP contribution is -2.00. The van der Waals surface area contributed by atoms with Gasteiger partial charge < -0.3 is 4.74 Å². The van der Waals surface area contributed by atoms with E-state index in [-0.39, 0.29) is 0 Å². The monoisotopic (exact) mass is 232 g/mol. The summed E-state index contributed by atoms with van der Waals surface area (Å²) in [5, 5.41) is 0. The molecule has 2 aromatic heterocycles. The van der Waals surface area contributed by atoms with E-state index in [0.717, 1.165) is 15.2 Å². The maximum absolute atomic E-state index is 11.3. The van der Waals surface area contributed by atoms with Gasteiger partial charge in [-0.05, 0) is 12.1 Å². The van der Waals surface area contributed by atoms with Crippen molar-refractivity contribution in [3.05, 3.63) is 36.2 Å². The third-order valence-corrected chi connectivity index (χ3v) is 3.43. The summed E-state index contributed by atoms with van der Waals surface area (Å²) in [6.07, 6.45) is 1.71. The Morgan fingerprint density at radius 2 is 2.25 bits per heavy atom. The molecule has 3 rings (SSSR count). The number of esters is 1. The first kappa shape index (κ1) is 9.35. The van der Waals surface area contributed by atoms with Crippen molar-refractivity contribution in [3.63, 3.8) is 0 Å². The van der Waals surface area contributed by atoms with E-state index in [0.29, 0.717) is 5.69 Å². The molecule has 0 N–H and O–H groups in total. The molecule has 0 saturated heterocycles. The number of fused-ring (bicyclic) bond motifs is 3. The van der Waals surface area contributed by atoms with E-state index in [9.17, 15) is 4.79 Å². The summed E-state index contributed by atoms with van der Waals surface area (Å²) in [5.41, 5.74) is 1.41. The summed E-state index contributed by atoms with van der Waals surface area (Å²) >= 11 is 1.55. The van der Waals surface area contributed by atoms with Gasteiger partial charge >= 0.3 is 5.97 Å². The molecule has 0 saturated carbocycles. The molecule has 0 aliphatic carbocycles. The van der Waals surface area contributed by atoms with Gasteiger partial charge in [0.05, 0.1) is 17.3 Å². The second-order valence-corrected chi connectivity index (χ2v) is 4.35. The minimum atomic E-state index is -0.403. The van der Waals surface area contributed by atoms with Crippen LogP contribution in [0.15, 0.2) is 30.5 Å². The van der Waals surface area contributed by atoms with E-state index >= 15 is 0 Å². The molecule has 1 aromatic carbocycles. The van der Waals surface area contributed by atoms with Crippen LogP contribution in [-0.2, 0) is 4.74 Å². The Kier molecular flexibility index (Phi) is 1.94. The molecule has 0 radical (unpaired) electrons. The predicted molar refractivity (Wildman–Crippen MR) is 61.9 cm³/mol. The smallest absolute Gasteiger partial charge is 0.358 e. The third kappa shape index (κ3) is 1.22. The standard InChI is InChI=1S/C11H8N2O2S/c1-15-10(14)7-6-13-8-4-2-3-5-9(8)16-11(13)12-7/h2-6H,1H3. The Balaban J connectivity index is 2.30. The zero-order valence-electron chi connectivity index (χ0n) is 8.51. The zero-order valence-corrected chi connectivity index (χ0v) is 9.32. The number of thiazole rings is 1. The van der Waals surface area contributed by atoms with Crippen molar-refractivity contribution >= 4 is 32.5 Å². The summed E-state index contributed by atoms with van der Waals surface area (Å²) < 4.78 is 7.70. The van der Waals surface area contributed by atoms with Gasteiger partial charge in [-0.2, -0.15) is 0 Å². The number of hydrogen-bond donors (Lipinski definition) is 0. The van der Waals surface area contributed by atoms with E-state index < -0.39 is 5.97 Å². The first-order chi connectivity index (χ1) is 7.79. The van der Waals surface area contributed by atoms with Crippen molar-refractivity contribution in [2.75, 3.05) is 7.11 Å². The van der Waals surface area contributed by atoms with Crippen molar-refractivity contribution in [1.82, 2.24) is 9.38 Å². The van der Waals surface area contributed by atoms with Crippen LogP contribution in [0.25, 0.3) is 15.2 Å². The number of para-hydroxylation sites is 1. The van der Waals surface area contributed by atoms with Crippen LogP contribution in [0.3, 0.4) is 0 Å². The molecule has 5 heteroatoms. The molecule has 0 aliphatic rings. The van der Waals surface area contributed by atoms with Crippen LogP contribution in [0.1, 0.15) is 10.5 Å². The minimum Gasteiger partial charge on any atom is -0.464 e. The third-order valence-electron chi connectivity index (χ3n) is 2.39. The van der Waals surface area contributed by atoms with Gasteiger partial charge in [-0.3, -0.25) is 4.40 Å². The van der Waals surface area contributed by atoms with E-state index in [4.69, 9.17) is 0 Å². The Bertz CT molecular complexity index is 683. The fourth-order valence-electron chi connectivity index (χ4n) is 1.65. The zero-order chi connectivity index (χ0) is 11.1. The van der Waals surface area contributed by atoms with Gasteiger partial charge in [0.2, 0.25) is 0 Å². The molecule has 0 aliphatic heterocycles. The Morgan fingerprint density at radius 3 is 3.06 bits per heavy atom. The molecule has 0 unspecified atom stereocenters. The number of carbonyl (C=O) groups excluding carboxylic acids is 1. The van der Waals surface area contributed by atoms with Crippen LogP contribution in [0, 0.1) is 0 Å². The lowest BCUT2D eigenvalue weighted by Gasteiger charge is -1.91. The van der Waals surface area contributed by atoms with E-state index in [1.165, 1.54) is 7.11 Å². The molecule has 3 aromatic rings. The number of imidazole rings is 1. The number of rotatable bonds is 1. The molecule has 0 bridgehead atoms. The summed E-state index contributed by atoms with van der Waals surface area (Å²) in [6.45, 7) is 0. The molecule has 0 amide bonds. The van der Waals surface area contributed by atoms with Crippen LogP contribution in [0.5, 0.6) is 0 Å². The molecule has 4 nitrogen and oxygen atoms in total. The van der Waals surface area contributed by atoms with Gasteiger partial charge in [0, 0.05) is 6.20 Å². The number of carbonyl (C=O) groups is 1. The Morgan fingerprint density at radius 1 is 1.44 bits per heavy atom. The molecular weight excluding hydrogens is 224 g/mol. The average Bonchev–Trinajstić information content (AvgIpc) is 2.85. The first-order valence-electron chi connectivity index (χ1n) is 4.74. The Labute approximate surface area is 95.1 Å². The number of nitrogens with zero attached hydrogens (tertiary/aromatic N) is 2. The first-order valence-corrected chi connectivity index (χ1v) is 5.56. The molecule has 0 fully saturated rings. The highest BCUT2D eigenvalue weighted by atomic mass is 32.1. The van der Waals surface area contributed by atoms with Gasteiger partial charge in [0.15, 0.2) is 10.7 Å². The van der Waals surface area contributed by atoms with Crippen molar-refractivity contribution in [2.45, 2.75) is 0 Å². The highest BCUT2D eigenvalue weighted by molar-refractivity contribution is 7.23. The lowest BCUT2D eigenvalue weighted by molar-refractivity contribution is 0.0595. The summed E-state index contributed by atoms with van der Waals surface area (Å²) in [4.78, 5) is 16.4. The van der Waals surface area contributed by atoms with E-state index in [1.807, 2.05) is 28.7 Å². The van der Waals surface area contributed by atoms with Crippen molar-refractivity contribution in [1.29, 1.82) is 0 Å². The van der Waals surface area contributed by atoms with Crippen LogP contribution in [-0.4, -0.2) is 22.5 Å². The molecule has 80 valence electrons. The number of aromatic nitrogens is 2. The highest BCUT2D eigenvalue weighted by Gasteiger charge is 2.13. The maximum Gasteiger partial charge on any atom is 0.358 e. The lowest BCUT2D eigenvalue weighted by atomic mass is 10.3. The molecule has 0 spiro atoms. The predicted octanol–water partition coefficient (Wildman–Crippen LogP) is 2.34. The highest BCUT2D eigenvalue weighted by Crippen LogP contribution is 2.25. The van der Waals surface area contributed by atoms with Crippen molar-refractivity contribution in [3.8, 4) is 0 Å². The summed E-state index contributed by atoms with van der Waals surface area (Å²) in [5.74, 6) is -0.403. The second kappa shape index (κ2) is 3.31. The van der Waals surface area contributed by atoms with Crippen molar-refractivity contribution < 1.29 is 9.53 Å². The topological polar surface area (TPSA) is 43.6 Å². The van der Waals surface area contributed by atoms with Gasteiger partial charge in [-0.15, -0.1) is 0 Å². The van der Waals surface area contributed by atoms with Crippen LogP contribution >= 0.6 is 11.3 Å². The van der Waals surface area contributed by atoms with E-state index in [2.05, 4.69) is 9.72 Å². The van der Waals surface area contributed by atoms with Gasteiger partial charge in [-0.25, -0.2) is 9.78 Å². The summed E-state index contributed by atoms with van der Waals surface area (Å²) in [7, 11) is 1.36. The quantitative estimate of drug-likeness (QED) is 0.605. The molecule has 0 atom stereocenters. The number of methoxy groups -OCH3 is 1. The SMILES string of the molecule is COC(=O)c1cn2c(n1)sc1ccccc12. The minimum absolute atomic E-state index is 0.347. The van der Waals surface area contributed by atoms with Gasteiger partial charge in [-0.1, -0.05) is 23.5 Å². The number of benzene rings is 1. The molecular formula is C11H8N2O2S. The fraction of sp³-hybridized carbons (Fsp3) is 0.0909. The normalized spacial score (nSPS) is 11.1. The maximum atomic E-state index is 11.3. The Hall–Kier alpha value is -1.88. The summed E-state index contributed by atoms with van der Waals surface area (Å²) in [6, 6.07) is 7.99. The average molecular weight is 232 g/mol. The van der Waals surface area contributed by atoms with Crippen LogP contribution in [0.2, 0.25) is 0 Å². The fourth-order valence-corrected chi connectivity index (χ4v) is 2.66. The largest absolute Gasteiger partial charge is 0.464 e. The second-order valence-electron chi connectivity index (χ2n) is 3.34.